The zero-order chi connectivity index (χ0) is 12.2. The Hall–Kier alpha value is -0.480. The minimum atomic E-state index is -0.225. The van der Waals surface area contributed by atoms with E-state index in [0.717, 1.165) is 12.8 Å². The molecule has 0 bridgehead atoms. The number of hydrogen-bond donors (Lipinski definition) is 1. The van der Waals surface area contributed by atoms with Crippen LogP contribution < -0.4 is 5.32 Å². The second-order valence-electron chi connectivity index (χ2n) is 3.68. The molecule has 1 amide bonds. The molecule has 0 fully saturated rings. The van der Waals surface area contributed by atoms with Gasteiger partial charge < -0.3 is 9.73 Å². The standard InChI is InChI=1S/C11H15BrClNO2/c1-3-11(4-2,7-12)14-10(15)8-5-6-16-9(8)13/h5-6H,3-4,7H2,1-2H3,(H,14,15). The van der Waals surface area contributed by atoms with E-state index in [-0.39, 0.29) is 16.7 Å². The maximum Gasteiger partial charge on any atom is 0.256 e. The van der Waals surface area contributed by atoms with E-state index in [1.807, 2.05) is 13.8 Å². The molecule has 0 unspecified atom stereocenters. The highest BCUT2D eigenvalue weighted by Gasteiger charge is 2.28. The number of nitrogens with one attached hydrogen (secondary N) is 1. The Morgan fingerprint density at radius 3 is 2.56 bits per heavy atom. The summed E-state index contributed by atoms with van der Waals surface area (Å²) >= 11 is 9.19. The third-order valence-electron chi connectivity index (χ3n) is 2.85. The number of alkyl halides is 1. The average molecular weight is 309 g/mol. The van der Waals surface area contributed by atoms with Crippen molar-refractivity contribution in [3.05, 3.63) is 23.1 Å². The van der Waals surface area contributed by atoms with Crippen LogP contribution >= 0.6 is 27.5 Å². The summed E-state index contributed by atoms with van der Waals surface area (Å²) in [5.41, 5.74) is 0.159. The van der Waals surface area contributed by atoms with E-state index in [4.69, 9.17) is 16.0 Å². The number of carbonyl (C=O) groups excluding carboxylic acids is 1. The smallest absolute Gasteiger partial charge is 0.256 e. The Balaban J connectivity index is 2.81. The summed E-state index contributed by atoms with van der Waals surface area (Å²) in [5.74, 6) is -0.193. The molecule has 0 radical (unpaired) electrons. The molecule has 1 aromatic rings. The summed E-state index contributed by atoms with van der Waals surface area (Å²) in [6.07, 6.45) is 3.12. The Kier molecular flexibility index (Phi) is 4.87. The van der Waals surface area contributed by atoms with Gasteiger partial charge in [-0.3, -0.25) is 4.79 Å². The van der Waals surface area contributed by atoms with Gasteiger partial charge in [0.2, 0.25) is 5.22 Å². The van der Waals surface area contributed by atoms with Crippen molar-refractivity contribution in [2.75, 3.05) is 5.33 Å². The van der Waals surface area contributed by atoms with Crippen LogP contribution in [-0.4, -0.2) is 16.8 Å². The van der Waals surface area contributed by atoms with Crippen LogP contribution in [0.4, 0.5) is 0 Å². The summed E-state index contributed by atoms with van der Waals surface area (Å²) in [5, 5.41) is 3.84. The van der Waals surface area contributed by atoms with Crippen LogP contribution in [0, 0.1) is 0 Å². The Morgan fingerprint density at radius 2 is 2.19 bits per heavy atom. The molecule has 0 atom stereocenters. The van der Waals surface area contributed by atoms with Crippen LogP contribution in [0.5, 0.6) is 0 Å². The van der Waals surface area contributed by atoms with E-state index in [1.54, 1.807) is 6.07 Å². The maximum atomic E-state index is 11.9. The number of rotatable bonds is 5. The lowest BCUT2D eigenvalue weighted by Gasteiger charge is -2.30. The molecule has 0 saturated heterocycles. The first-order chi connectivity index (χ1) is 7.58. The van der Waals surface area contributed by atoms with E-state index in [9.17, 15) is 4.79 Å². The number of hydrogen-bond acceptors (Lipinski definition) is 2. The Labute approximate surface area is 109 Å². The zero-order valence-electron chi connectivity index (χ0n) is 9.35. The lowest BCUT2D eigenvalue weighted by Crippen LogP contribution is -2.49. The summed E-state index contributed by atoms with van der Waals surface area (Å²) in [6, 6.07) is 1.57. The van der Waals surface area contributed by atoms with Crippen LogP contribution in [0.15, 0.2) is 16.7 Å². The molecule has 0 aliphatic rings. The topological polar surface area (TPSA) is 42.2 Å². The fourth-order valence-corrected chi connectivity index (χ4v) is 2.55. The number of amides is 1. The quantitative estimate of drug-likeness (QED) is 0.844. The third kappa shape index (κ3) is 2.80. The molecular formula is C11H15BrClNO2. The molecule has 1 rings (SSSR count). The van der Waals surface area contributed by atoms with Gasteiger partial charge in [0.25, 0.3) is 5.91 Å². The van der Waals surface area contributed by atoms with Crippen LogP contribution in [0.1, 0.15) is 37.0 Å². The SMILES string of the molecule is CCC(CC)(CBr)NC(=O)c1ccoc1Cl. The third-order valence-corrected chi connectivity index (χ3v) is 4.22. The maximum absolute atomic E-state index is 11.9. The molecule has 0 aromatic carbocycles. The van der Waals surface area contributed by atoms with Crippen LogP contribution in [0.3, 0.4) is 0 Å². The summed E-state index contributed by atoms with van der Waals surface area (Å²) in [6.45, 7) is 4.09. The number of furan rings is 1. The molecule has 0 spiro atoms. The lowest BCUT2D eigenvalue weighted by molar-refractivity contribution is 0.0903. The minimum absolute atomic E-state index is 0.133. The van der Waals surface area contributed by atoms with Crippen LogP contribution in [0.25, 0.3) is 0 Å². The normalized spacial score (nSPS) is 11.5. The van der Waals surface area contributed by atoms with Crippen molar-refractivity contribution in [1.82, 2.24) is 5.32 Å². The van der Waals surface area contributed by atoms with Gasteiger partial charge in [-0.15, -0.1) is 0 Å². The van der Waals surface area contributed by atoms with Gasteiger partial charge in [0, 0.05) is 10.9 Å². The molecule has 16 heavy (non-hydrogen) atoms. The molecule has 0 aliphatic heterocycles. The lowest BCUT2D eigenvalue weighted by atomic mass is 9.95. The average Bonchev–Trinajstić information content (AvgIpc) is 2.72. The fraction of sp³-hybridized carbons (Fsp3) is 0.545. The summed E-state index contributed by atoms with van der Waals surface area (Å²) in [4.78, 5) is 11.9. The molecule has 1 aromatic heterocycles. The highest BCUT2D eigenvalue weighted by atomic mass is 79.9. The summed E-state index contributed by atoms with van der Waals surface area (Å²) in [7, 11) is 0. The highest BCUT2D eigenvalue weighted by molar-refractivity contribution is 9.09. The van der Waals surface area contributed by atoms with Crippen LogP contribution in [-0.2, 0) is 0 Å². The second kappa shape index (κ2) is 5.73. The zero-order valence-corrected chi connectivity index (χ0v) is 11.7. The molecule has 0 aliphatic carbocycles. The van der Waals surface area contributed by atoms with Gasteiger partial charge in [-0.1, -0.05) is 29.8 Å². The van der Waals surface area contributed by atoms with Gasteiger partial charge in [0.1, 0.15) is 0 Å². The van der Waals surface area contributed by atoms with Gasteiger partial charge in [-0.2, -0.15) is 0 Å². The largest absolute Gasteiger partial charge is 0.452 e. The van der Waals surface area contributed by atoms with E-state index in [1.165, 1.54) is 6.26 Å². The first kappa shape index (κ1) is 13.6. The number of carbonyl (C=O) groups is 1. The molecule has 90 valence electrons. The van der Waals surface area contributed by atoms with Gasteiger partial charge in [-0.05, 0) is 30.5 Å². The first-order valence-corrected chi connectivity index (χ1v) is 6.70. The monoisotopic (exact) mass is 307 g/mol. The number of halogens is 2. The predicted octanol–water partition coefficient (Wildman–Crippen LogP) is 3.62. The second-order valence-corrected chi connectivity index (χ2v) is 4.59. The van der Waals surface area contributed by atoms with Crippen molar-refractivity contribution >= 4 is 33.4 Å². The molecule has 1 N–H and O–H groups in total. The van der Waals surface area contributed by atoms with Crippen molar-refractivity contribution in [3.8, 4) is 0 Å². The Bertz CT molecular complexity index is 352. The van der Waals surface area contributed by atoms with E-state index in [0.29, 0.717) is 10.9 Å². The van der Waals surface area contributed by atoms with E-state index in [2.05, 4.69) is 21.2 Å². The van der Waals surface area contributed by atoms with Crippen molar-refractivity contribution in [2.45, 2.75) is 32.2 Å². The molecule has 3 nitrogen and oxygen atoms in total. The first-order valence-electron chi connectivity index (χ1n) is 5.20. The van der Waals surface area contributed by atoms with Crippen molar-refractivity contribution in [2.24, 2.45) is 0 Å². The molecule has 5 heteroatoms. The Morgan fingerprint density at radius 1 is 1.56 bits per heavy atom. The van der Waals surface area contributed by atoms with Crippen LogP contribution in [0.2, 0.25) is 5.22 Å². The molecule has 1 heterocycles. The summed E-state index contributed by atoms with van der Waals surface area (Å²) < 4.78 is 4.89. The van der Waals surface area contributed by atoms with Crippen molar-refractivity contribution in [1.29, 1.82) is 0 Å². The minimum Gasteiger partial charge on any atom is -0.452 e. The van der Waals surface area contributed by atoms with Gasteiger partial charge >= 0.3 is 0 Å². The van der Waals surface area contributed by atoms with E-state index < -0.39 is 0 Å². The predicted molar refractivity (Wildman–Crippen MR) is 68.3 cm³/mol. The van der Waals surface area contributed by atoms with Crippen molar-refractivity contribution in [3.63, 3.8) is 0 Å². The van der Waals surface area contributed by atoms with Gasteiger partial charge in [-0.25, -0.2) is 0 Å². The van der Waals surface area contributed by atoms with Gasteiger partial charge in [0.15, 0.2) is 0 Å². The highest BCUT2D eigenvalue weighted by Crippen LogP contribution is 2.21. The van der Waals surface area contributed by atoms with E-state index >= 15 is 0 Å². The fourth-order valence-electron chi connectivity index (χ4n) is 1.41. The van der Waals surface area contributed by atoms with Gasteiger partial charge in [0.05, 0.1) is 11.8 Å². The van der Waals surface area contributed by atoms with Crippen molar-refractivity contribution < 1.29 is 9.21 Å². The molecular weight excluding hydrogens is 293 g/mol. The molecule has 0 saturated carbocycles.